The molecule has 3 nitrogen and oxygen atoms in total. The lowest BCUT2D eigenvalue weighted by Gasteiger charge is -2.13. The van der Waals surface area contributed by atoms with Gasteiger partial charge in [-0.25, -0.2) is 13.8 Å². The van der Waals surface area contributed by atoms with Crippen molar-refractivity contribution < 1.29 is 26.7 Å². The van der Waals surface area contributed by atoms with E-state index in [2.05, 4.69) is 4.98 Å². The van der Waals surface area contributed by atoms with Gasteiger partial charge in [0.2, 0.25) is 0 Å². The van der Waals surface area contributed by atoms with Crippen molar-refractivity contribution in [3.63, 3.8) is 0 Å². The zero-order chi connectivity index (χ0) is 13.2. The quantitative estimate of drug-likeness (QED) is 0.599. The minimum atomic E-state index is -5.13. The minimum absolute atomic E-state index is 0.00707. The molecule has 0 saturated carbocycles. The number of carbonyl (C=O) groups is 1. The number of rotatable bonds is 2. The van der Waals surface area contributed by atoms with Gasteiger partial charge in [-0.1, -0.05) is 0 Å². The number of hydrogen-bond donors (Lipinski definition) is 0. The molecular formula is C9H3F5N2O. The molecule has 1 aromatic rings. The first-order valence-corrected chi connectivity index (χ1v) is 4.06. The van der Waals surface area contributed by atoms with Crippen LogP contribution in [0.5, 0.6) is 0 Å². The summed E-state index contributed by atoms with van der Waals surface area (Å²) in [5.41, 5.74) is -5.12. The number of nitrogens with zero attached hydrogens (tertiary/aromatic N) is 2. The lowest BCUT2D eigenvalue weighted by atomic mass is 10.1. The highest BCUT2D eigenvalue weighted by Gasteiger charge is 2.39. The van der Waals surface area contributed by atoms with Gasteiger partial charge in [0.15, 0.2) is 12.0 Å². The number of alkyl halides is 5. The summed E-state index contributed by atoms with van der Waals surface area (Å²) in [5.74, 6) is 0. The number of carbonyl (C=O) groups excluding carboxylic acids is 1. The Bertz CT molecular complexity index is 489. The summed E-state index contributed by atoms with van der Waals surface area (Å²) in [7, 11) is 0. The van der Waals surface area contributed by atoms with E-state index in [1.165, 1.54) is 0 Å². The van der Waals surface area contributed by atoms with E-state index in [1.54, 1.807) is 0 Å². The topological polar surface area (TPSA) is 53.8 Å². The maximum atomic E-state index is 12.5. The summed E-state index contributed by atoms with van der Waals surface area (Å²) in [6.07, 6.45) is -8.60. The summed E-state index contributed by atoms with van der Waals surface area (Å²) < 4.78 is 62.3. The molecule has 1 rings (SSSR count). The van der Waals surface area contributed by atoms with E-state index in [1.807, 2.05) is 0 Å². The van der Waals surface area contributed by atoms with E-state index < -0.39 is 35.1 Å². The smallest absolute Gasteiger partial charge is 0.296 e. The van der Waals surface area contributed by atoms with E-state index in [4.69, 9.17) is 5.26 Å². The maximum Gasteiger partial charge on any atom is 0.419 e. The van der Waals surface area contributed by atoms with Crippen LogP contribution in [0.1, 0.15) is 33.7 Å². The van der Waals surface area contributed by atoms with E-state index in [9.17, 15) is 26.7 Å². The summed E-state index contributed by atoms with van der Waals surface area (Å²) in [6, 6.07) is 1.37. The van der Waals surface area contributed by atoms with Gasteiger partial charge >= 0.3 is 6.18 Å². The minimum Gasteiger partial charge on any atom is -0.296 e. The van der Waals surface area contributed by atoms with Crippen LogP contribution >= 0.6 is 0 Å². The second-order valence-corrected chi connectivity index (χ2v) is 2.89. The Morgan fingerprint density at radius 3 is 2.35 bits per heavy atom. The number of halogens is 5. The van der Waals surface area contributed by atoms with Crippen molar-refractivity contribution in [1.29, 1.82) is 5.26 Å². The molecule has 1 aromatic heterocycles. The van der Waals surface area contributed by atoms with E-state index >= 15 is 0 Å². The Morgan fingerprint density at radius 1 is 1.41 bits per heavy atom. The van der Waals surface area contributed by atoms with Crippen LogP contribution in [0.25, 0.3) is 0 Å². The number of hydrogen-bond acceptors (Lipinski definition) is 3. The Hall–Kier alpha value is -2.04. The highest BCUT2D eigenvalue weighted by atomic mass is 19.4. The van der Waals surface area contributed by atoms with Crippen LogP contribution in [-0.4, -0.2) is 11.3 Å². The van der Waals surface area contributed by atoms with Crippen LogP contribution in [0.3, 0.4) is 0 Å². The van der Waals surface area contributed by atoms with Crippen molar-refractivity contribution in [1.82, 2.24) is 4.98 Å². The maximum absolute atomic E-state index is 12.5. The molecule has 0 radical (unpaired) electrons. The lowest BCUT2D eigenvalue weighted by molar-refractivity contribution is -0.140. The molecule has 0 saturated heterocycles. The third kappa shape index (κ3) is 2.55. The SMILES string of the molecule is N#Cc1nc(C=O)cc(C(F)F)c1C(F)(F)F. The number of pyridine rings is 1. The normalized spacial score (nSPS) is 11.4. The van der Waals surface area contributed by atoms with Crippen LogP contribution in [0.4, 0.5) is 22.0 Å². The molecule has 0 fully saturated rings. The van der Waals surface area contributed by atoms with Gasteiger partial charge in [0.25, 0.3) is 6.43 Å². The van der Waals surface area contributed by atoms with Crippen LogP contribution in [-0.2, 0) is 6.18 Å². The Labute approximate surface area is 91.5 Å². The lowest BCUT2D eigenvalue weighted by Crippen LogP contribution is -2.15. The number of aromatic nitrogens is 1. The highest BCUT2D eigenvalue weighted by molar-refractivity contribution is 5.73. The molecule has 0 aliphatic heterocycles. The highest BCUT2D eigenvalue weighted by Crippen LogP contribution is 2.38. The average molecular weight is 250 g/mol. The molecular weight excluding hydrogens is 247 g/mol. The third-order valence-electron chi connectivity index (χ3n) is 1.81. The summed E-state index contributed by atoms with van der Waals surface area (Å²) in [4.78, 5) is 13.3. The number of aldehydes is 1. The monoisotopic (exact) mass is 250 g/mol. The zero-order valence-corrected chi connectivity index (χ0v) is 7.92. The van der Waals surface area contributed by atoms with Gasteiger partial charge in [0.05, 0.1) is 0 Å². The number of nitriles is 1. The van der Waals surface area contributed by atoms with Crippen molar-refractivity contribution >= 4 is 6.29 Å². The molecule has 1 heterocycles. The van der Waals surface area contributed by atoms with Crippen LogP contribution in [0, 0.1) is 11.3 Å². The molecule has 0 bridgehead atoms. The fourth-order valence-corrected chi connectivity index (χ4v) is 1.20. The summed E-state index contributed by atoms with van der Waals surface area (Å²) in [5, 5.41) is 8.43. The molecule has 0 amide bonds. The molecule has 0 N–H and O–H groups in total. The second kappa shape index (κ2) is 4.45. The van der Waals surface area contributed by atoms with Gasteiger partial charge in [-0.05, 0) is 6.07 Å². The average Bonchev–Trinajstić information content (AvgIpc) is 2.25. The van der Waals surface area contributed by atoms with Gasteiger partial charge in [-0.2, -0.15) is 18.4 Å². The van der Waals surface area contributed by atoms with Gasteiger partial charge in [0, 0.05) is 5.56 Å². The predicted octanol–water partition coefficient (Wildman–Crippen LogP) is 2.72. The van der Waals surface area contributed by atoms with Gasteiger partial charge in [-0.3, -0.25) is 4.79 Å². The Kier molecular flexibility index (Phi) is 3.41. The second-order valence-electron chi connectivity index (χ2n) is 2.89. The predicted molar refractivity (Wildman–Crippen MR) is 44.3 cm³/mol. The van der Waals surface area contributed by atoms with Crippen LogP contribution in [0.15, 0.2) is 6.07 Å². The largest absolute Gasteiger partial charge is 0.419 e. The van der Waals surface area contributed by atoms with Gasteiger partial charge in [0.1, 0.15) is 17.3 Å². The molecule has 0 aromatic carbocycles. The zero-order valence-electron chi connectivity index (χ0n) is 7.92. The molecule has 0 unspecified atom stereocenters. The fraction of sp³-hybridized carbons (Fsp3) is 0.222. The van der Waals surface area contributed by atoms with Crippen molar-refractivity contribution in [2.75, 3.05) is 0 Å². The molecule has 0 atom stereocenters. The molecule has 0 aliphatic rings. The van der Waals surface area contributed by atoms with Crippen molar-refractivity contribution in [2.24, 2.45) is 0 Å². The van der Waals surface area contributed by atoms with Crippen molar-refractivity contribution in [3.8, 4) is 6.07 Å². The first kappa shape index (κ1) is 13.0. The molecule has 0 spiro atoms. The first-order chi connectivity index (χ1) is 7.81. The van der Waals surface area contributed by atoms with E-state index in [0.29, 0.717) is 6.07 Å². The molecule has 17 heavy (non-hydrogen) atoms. The summed E-state index contributed by atoms with van der Waals surface area (Å²) in [6.45, 7) is 0. The standard InChI is InChI=1S/C9H3F5N2O/c10-8(11)5-1-4(3-17)16-6(2-15)7(5)9(12,13)14/h1,3,8H. The fourth-order valence-electron chi connectivity index (χ4n) is 1.20. The van der Waals surface area contributed by atoms with Gasteiger partial charge in [-0.15, -0.1) is 0 Å². The summed E-state index contributed by atoms with van der Waals surface area (Å²) >= 11 is 0. The Balaban J connectivity index is 3.66. The van der Waals surface area contributed by atoms with Crippen molar-refractivity contribution in [3.05, 3.63) is 28.6 Å². The van der Waals surface area contributed by atoms with E-state index in [0.717, 1.165) is 6.07 Å². The molecule has 0 aliphatic carbocycles. The molecule has 90 valence electrons. The molecule has 8 heteroatoms. The first-order valence-electron chi connectivity index (χ1n) is 4.06. The van der Waals surface area contributed by atoms with Crippen molar-refractivity contribution in [2.45, 2.75) is 12.6 Å². The van der Waals surface area contributed by atoms with E-state index in [-0.39, 0.29) is 6.29 Å². The van der Waals surface area contributed by atoms with Crippen LogP contribution in [0.2, 0.25) is 0 Å². The van der Waals surface area contributed by atoms with Crippen LogP contribution < -0.4 is 0 Å². The van der Waals surface area contributed by atoms with Gasteiger partial charge < -0.3 is 0 Å². The Morgan fingerprint density at radius 2 is 2.00 bits per heavy atom. The third-order valence-corrected chi connectivity index (χ3v) is 1.81.